The fraction of sp³-hybridized carbons (Fsp3) is 0.870. The van der Waals surface area contributed by atoms with E-state index in [1.807, 2.05) is 10.1 Å². The average molecular weight is 484 g/mol. The summed E-state index contributed by atoms with van der Waals surface area (Å²) in [7, 11) is 3.43. The highest BCUT2D eigenvalue weighted by Gasteiger charge is 2.48. The number of thiol groups is 1. The summed E-state index contributed by atoms with van der Waals surface area (Å²) < 4.78 is 12.5. The first-order valence-electron chi connectivity index (χ1n) is 11.6. The van der Waals surface area contributed by atoms with E-state index in [0.29, 0.717) is 0 Å². The van der Waals surface area contributed by atoms with E-state index < -0.39 is 0 Å². The largest absolute Gasteiger partial charge is 0.460 e. The molecule has 188 valence electrons. The van der Waals surface area contributed by atoms with Gasteiger partial charge in [0, 0.05) is 47.8 Å². The van der Waals surface area contributed by atoms with Gasteiger partial charge in [-0.25, -0.2) is 0 Å². The van der Waals surface area contributed by atoms with E-state index in [4.69, 9.17) is 19.1 Å². The van der Waals surface area contributed by atoms with Gasteiger partial charge in [0.1, 0.15) is 12.2 Å². The summed E-state index contributed by atoms with van der Waals surface area (Å²) in [5, 5.41) is 4.36. The molecule has 3 heterocycles. The Morgan fingerprint density at radius 2 is 0.939 bits per heavy atom. The van der Waals surface area contributed by atoms with Crippen LogP contribution >= 0.6 is 12.6 Å². The van der Waals surface area contributed by atoms with Gasteiger partial charge in [0.15, 0.2) is 5.16 Å². The van der Waals surface area contributed by atoms with Crippen LogP contribution in [0.25, 0.3) is 0 Å². The van der Waals surface area contributed by atoms with Crippen LogP contribution in [0.2, 0.25) is 0 Å². The molecule has 0 saturated carbocycles. The third kappa shape index (κ3) is 5.73. The number of ether oxygens (including phenoxy) is 2. The molecule has 9 nitrogen and oxygen atoms in total. The van der Waals surface area contributed by atoms with Crippen LogP contribution in [0.3, 0.4) is 0 Å². The van der Waals surface area contributed by atoms with Gasteiger partial charge < -0.3 is 19.1 Å². The Labute approximate surface area is 203 Å². The average Bonchev–Trinajstić information content (AvgIpc) is 2.57. The molecule has 2 fully saturated rings. The fourth-order valence-electron chi connectivity index (χ4n) is 6.23. The van der Waals surface area contributed by atoms with Crippen molar-refractivity contribution in [2.75, 3.05) is 14.2 Å². The third-order valence-corrected chi connectivity index (χ3v) is 6.80. The second kappa shape index (κ2) is 9.11. The van der Waals surface area contributed by atoms with Crippen LogP contribution in [0.1, 0.15) is 81.1 Å². The van der Waals surface area contributed by atoms with Crippen molar-refractivity contribution in [1.82, 2.24) is 25.1 Å². The van der Waals surface area contributed by atoms with E-state index in [9.17, 15) is 0 Å². The third-order valence-electron chi connectivity index (χ3n) is 6.60. The minimum atomic E-state index is -0.205. The van der Waals surface area contributed by atoms with E-state index in [0.717, 1.165) is 25.7 Å². The highest BCUT2D eigenvalue weighted by molar-refractivity contribution is 7.80. The number of nitrogens with zero attached hydrogens (tertiary/aromatic N) is 5. The highest BCUT2D eigenvalue weighted by atomic mass is 32.1. The molecule has 0 spiro atoms. The lowest BCUT2D eigenvalue weighted by Crippen LogP contribution is -2.62. The number of rotatable bonds is 6. The summed E-state index contributed by atoms with van der Waals surface area (Å²) in [6.45, 7) is 17.2. The summed E-state index contributed by atoms with van der Waals surface area (Å²) in [6, 6.07) is 0.473. The lowest BCUT2D eigenvalue weighted by molar-refractivity contribution is -0.275. The second-order valence-corrected chi connectivity index (χ2v) is 12.1. The first kappa shape index (κ1) is 26.4. The van der Waals surface area contributed by atoms with Crippen LogP contribution < -0.4 is 9.47 Å². The Balaban J connectivity index is 1.76. The predicted octanol–water partition coefficient (Wildman–Crippen LogP) is 4.08. The summed E-state index contributed by atoms with van der Waals surface area (Å²) in [6.07, 6.45) is 2.93. The van der Waals surface area contributed by atoms with Gasteiger partial charge in [-0.3, -0.25) is 0 Å². The molecule has 33 heavy (non-hydrogen) atoms. The Kier molecular flexibility index (Phi) is 7.29. The second-order valence-electron chi connectivity index (χ2n) is 11.7. The molecule has 0 aliphatic carbocycles. The Hall–Kier alpha value is -1.20. The van der Waals surface area contributed by atoms with Gasteiger partial charge in [0.25, 0.3) is 0 Å². The van der Waals surface area contributed by atoms with Crippen molar-refractivity contribution in [2.45, 2.75) is 121 Å². The number of aromatic nitrogens is 3. The van der Waals surface area contributed by atoms with Gasteiger partial charge in [-0.1, -0.05) is 0 Å². The molecule has 0 bridgehead atoms. The molecule has 1 aromatic rings. The van der Waals surface area contributed by atoms with Crippen LogP contribution in [0.4, 0.5) is 0 Å². The molecule has 10 heteroatoms. The van der Waals surface area contributed by atoms with E-state index in [2.05, 4.69) is 83.0 Å². The zero-order chi connectivity index (χ0) is 24.8. The van der Waals surface area contributed by atoms with Gasteiger partial charge in [0.05, 0.1) is 14.2 Å². The van der Waals surface area contributed by atoms with Crippen molar-refractivity contribution >= 4 is 12.6 Å². The maximum Gasteiger partial charge on any atom is 0.323 e. The van der Waals surface area contributed by atoms with Gasteiger partial charge in [-0.2, -0.15) is 20.1 Å². The zero-order valence-corrected chi connectivity index (χ0v) is 22.7. The van der Waals surface area contributed by atoms with Gasteiger partial charge >= 0.3 is 12.0 Å². The van der Waals surface area contributed by atoms with Crippen LogP contribution in [-0.2, 0) is 9.68 Å². The molecule has 0 unspecified atom stereocenters. The molecular formula is C23H41N5O4S. The SMILES string of the molecule is CON1C(C)(C)CC(Oc2nc(S)nc(OC3CC(C)(C)N(OC)C(C)(C)C3)n2)CC1(C)C. The van der Waals surface area contributed by atoms with E-state index in [1.54, 1.807) is 14.2 Å². The minimum absolute atomic E-state index is 0.0767. The molecule has 2 saturated heterocycles. The number of piperidine rings is 2. The molecule has 2 aliphatic rings. The molecule has 2 aliphatic heterocycles. The maximum atomic E-state index is 6.24. The molecule has 1 aromatic heterocycles. The molecule has 0 radical (unpaired) electrons. The van der Waals surface area contributed by atoms with Crippen LogP contribution in [0, 0.1) is 0 Å². The minimum Gasteiger partial charge on any atom is -0.460 e. The zero-order valence-electron chi connectivity index (χ0n) is 21.8. The quantitative estimate of drug-likeness (QED) is 0.602. The van der Waals surface area contributed by atoms with Crippen LogP contribution in [-0.4, -0.2) is 73.7 Å². The molecule has 0 N–H and O–H groups in total. The molecule has 0 amide bonds. The predicted molar refractivity (Wildman–Crippen MR) is 128 cm³/mol. The maximum absolute atomic E-state index is 6.24. The Morgan fingerprint density at radius 3 is 1.21 bits per heavy atom. The van der Waals surface area contributed by atoms with Gasteiger partial charge in [0.2, 0.25) is 0 Å². The highest BCUT2D eigenvalue weighted by Crippen LogP contribution is 2.41. The summed E-state index contributed by atoms with van der Waals surface area (Å²) in [5.74, 6) is 0. The Bertz CT molecular complexity index is 748. The molecule has 0 aromatic carbocycles. The van der Waals surface area contributed by atoms with Gasteiger partial charge in [-0.15, -0.1) is 17.6 Å². The first-order chi connectivity index (χ1) is 15.1. The number of hydrogen-bond acceptors (Lipinski definition) is 10. The molecule has 0 atom stereocenters. The lowest BCUT2D eigenvalue weighted by atomic mass is 9.80. The van der Waals surface area contributed by atoms with E-state index in [-0.39, 0.29) is 51.5 Å². The standard InChI is InChI=1S/C23H41N5O4S/c1-20(2)11-15(12-21(3,4)27(20)29-9)31-17-24-18(26-19(33)25-17)32-16-13-22(5,6)28(30-10)23(7,8)14-16/h15-16H,11-14H2,1-10H3,(H,24,25,26,33). The number of hydrogen-bond donors (Lipinski definition) is 1. The van der Waals surface area contributed by atoms with Crippen molar-refractivity contribution in [3.05, 3.63) is 0 Å². The van der Waals surface area contributed by atoms with Crippen molar-refractivity contribution in [1.29, 1.82) is 0 Å². The molecule has 3 rings (SSSR count). The fourth-order valence-corrected chi connectivity index (χ4v) is 6.40. The van der Waals surface area contributed by atoms with Crippen molar-refractivity contribution < 1.29 is 19.1 Å². The first-order valence-corrected chi connectivity index (χ1v) is 12.0. The summed E-state index contributed by atoms with van der Waals surface area (Å²) >= 11 is 4.38. The van der Waals surface area contributed by atoms with Crippen molar-refractivity contribution in [3.63, 3.8) is 0 Å². The van der Waals surface area contributed by atoms with E-state index in [1.165, 1.54) is 0 Å². The summed E-state index contributed by atoms with van der Waals surface area (Å²) in [4.78, 5) is 24.5. The smallest absolute Gasteiger partial charge is 0.323 e. The lowest BCUT2D eigenvalue weighted by Gasteiger charge is -2.52. The monoisotopic (exact) mass is 483 g/mol. The normalized spacial score (nSPS) is 25.7. The molecular weight excluding hydrogens is 442 g/mol. The Morgan fingerprint density at radius 1 is 0.636 bits per heavy atom. The van der Waals surface area contributed by atoms with E-state index >= 15 is 0 Å². The van der Waals surface area contributed by atoms with Gasteiger partial charge in [-0.05, 0) is 55.4 Å². The summed E-state index contributed by atoms with van der Waals surface area (Å²) in [5.41, 5.74) is -0.818. The van der Waals surface area contributed by atoms with Crippen molar-refractivity contribution in [2.24, 2.45) is 0 Å². The van der Waals surface area contributed by atoms with Crippen LogP contribution in [0.15, 0.2) is 5.16 Å². The topological polar surface area (TPSA) is 82.1 Å². The van der Waals surface area contributed by atoms with Crippen LogP contribution in [0.5, 0.6) is 12.0 Å². The van der Waals surface area contributed by atoms with Crippen molar-refractivity contribution in [3.8, 4) is 12.0 Å². The number of hydroxylamine groups is 4.